The molecule has 2 rings (SSSR count). The van der Waals surface area contributed by atoms with Crippen LogP contribution < -0.4 is 0 Å². The van der Waals surface area contributed by atoms with Gasteiger partial charge in [-0.25, -0.2) is 0 Å². The Labute approximate surface area is 113 Å². The minimum Gasteiger partial charge on any atom is -0.300 e. The fraction of sp³-hybridized carbons (Fsp3) is 0.636. The summed E-state index contributed by atoms with van der Waals surface area (Å²) in [7, 11) is 0. The fourth-order valence-electron chi connectivity index (χ4n) is 2.42. The molecular formula is C11H14BrN3O3. The van der Waals surface area contributed by atoms with Crippen LogP contribution in [0.25, 0.3) is 0 Å². The Morgan fingerprint density at radius 2 is 2.11 bits per heavy atom. The standard InChI is InChI=1S/C11H14BrN3O3/c1-7(16)8-2-4-9(5-3-8)14-6-10(15(17)18)11(12)13-14/h6,8-9H,2-5H2,1H3. The third kappa shape index (κ3) is 2.60. The van der Waals surface area contributed by atoms with Gasteiger partial charge in [-0.3, -0.25) is 19.6 Å². The highest BCUT2D eigenvalue weighted by Crippen LogP contribution is 2.34. The van der Waals surface area contributed by atoms with Gasteiger partial charge in [0.15, 0.2) is 0 Å². The van der Waals surface area contributed by atoms with Crippen LogP contribution in [0.1, 0.15) is 38.6 Å². The summed E-state index contributed by atoms with van der Waals surface area (Å²) in [4.78, 5) is 21.6. The largest absolute Gasteiger partial charge is 0.321 e. The van der Waals surface area contributed by atoms with Gasteiger partial charge in [-0.2, -0.15) is 5.10 Å². The van der Waals surface area contributed by atoms with Crippen LogP contribution in [0, 0.1) is 16.0 Å². The number of rotatable bonds is 3. The van der Waals surface area contributed by atoms with E-state index in [0.29, 0.717) is 0 Å². The minimum absolute atomic E-state index is 0.0105. The van der Waals surface area contributed by atoms with Gasteiger partial charge in [0, 0.05) is 5.92 Å². The molecule has 98 valence electrons. The van der Waals surface area contributed by atoms with E-state index in [-0.39, 0.29) is 28.0 Å². The first-order valence-corrected chi connectivity index (χ1v) is 6.68. The Morgan fingerprint density at radius 1 is 1.50 bits per heavy atom. The van der Waals surface area contributed by atoms with E-state index in [9.17, 15) is 14.9 Å². The first-order chi connectivity index (χ1) is 8.49. The number of hydrogen-bond acceptors (Lipinski definition) is 4. The topological polar surface area (TPSA) is 78.0 Å². The van der Waals surface area contributed by atoms with Gasteiger partial charge in [-0.15, -0.1) is 0 Å². The van der Waals surface area contributed by atoms with E-state index in [1.165, 1.54) is 6.20 Å². The van der Waals surface area contributed by atoms with Crippen molar-refractivity contribution >= 4 is 27.4 Å². The van der Waals surface area contributed by atoms with Crippen LogP contribution in [-0.4, -0.2) is 20.5 Å². The number of nitrogens with zero attached hydrogens (tertiary/aromatic N) is 3. The summed E-state index contributed by atoms with van der Waals surface area (Å²) in [5.74, 6) is 0.385. The van der Waals surface area contributed by atoms with Gasteiger partial charge in [-0.05, 0) is 48.5 Å². The smallest absolute Gasteiger partial charge is 0.300 e. The second-order valence-electron chi connectivity index (χ2n) is 4.66. The lowest BCUT2D eigenvalue weighted by atomic mass is 9.84. The van der Waals surface area contributed by atoms with Crippen LogP contribution >= 0.6 is 15.9 Å². The SMILES string of the molecule is CC(=O)C1CCC(n2cc([N+](=O)[O-])c(Br)n2)CC1. The second kappa shape index (κ2) is 5.17. The van der Waals surface area contributed by atoms with E-state index in [4.69, 9.17) is 0 Å². The van der Waals surface area contributed by atoms with Crippen LogP contribution in [0.2, 0.25) is 0 Å². The zero-order valence-corrected chi connectivity index (χ0v) is 11.6. The van der Waals surface area contributed by atoms with Crippen molar-refractivity contribution in [2.24, 2.45) is 5.92 Å². The third-order valence-corrected chi connectivity index (χ3v) is 4.08. The average Bonchev–Trinajstić information content (AvgIpc) is 2.71. The van der Waals surface area contributed by atoms with Gasteiger partial charge < -0.3 is 0 Å². The molecule has 18 heavy (non-hydrogen) atoms. The molecule has 0 aliphatic heterocycles. The molecule has 0 radical (unpaired) electrons. The highest BCUT2D eigenvalue weighted by Gasteiger charge is 2.27. The molecule has 0 N–H and O–H groups in total. The molecule has 6 nitrogen and oxygen atoms in total. The minimum atomic E-state index is -0.450. The van der Waals surface area contributed by atoms with Gasteiger partial charge >= 0.3 is 5.69 Å². The van der Waals surface area contributed by atoms with Crippen LogP contribution in [0.3, 0.4) is 0 Å². The molecule has 1 fully saturated rings. The number of carbonyl (C=O) groups excluding carboxylic acids is 1. The maximum Gasteiger partial charge on any atom is 0.321 e. The molecule has 0 bridgehead atoms. The van der Waals surface area contributed by atoms with E-state index in [0.717, 1.165) is 25.7 Å². The summed E-state index contributed by atoms with van der Waals surface area (Å²) < 4.78 is 1.92. The molecule has 7 heteroatoms. The summed E-state index contributed by atoms with van der Waals surface area (Å²) in [5, 5.41) is 14.9. The van der Waals surface area contributed by atoms with E-state index < -0.39 is 4.92 Å². The fourth-order valence-corrected chi connectivity index (χ4v) is 2.85. The molecule has 0 atom stereocenters. The number of halogens is 1. The van der Waals surface area contributed by atoms with E-state index >= 15 is 0 Å². The molecule has 0 amide bonds. The molecule has 0 aromatic carbocycles. The Balaban J connectivity index is 2.08. The molecular weight excluding hydrogens is 302 g/mol. The average molecular weight is 316 g/mol. The normalized spacial score (nSPS) is 23.9. The zero-order valence-electron chi connectivity index (χ0n) is 10.0. The number of carbonyl (C=O) groups is 1. The molecule has 1 heterocycles. The highest BCUT2D eigenvalue weighted by molar-refractivity contribution is 9.10. The van der Waals surface area contributed by atoms with Crippen molar-refractivity contribution in [1.29, 1.82) is 0 Å². The van der Waals surface area contributed by atoms with Crippen molar-refractivity contribution < 1.29 is 9.72 Å². The van der Waals surface area contributed by atoms with Crippen LogP contribution in [0.4, 0.5) is 5.69 Å². The van der Waals surface area contributed by atoms with Gasteiger partial charge in [0.1, 0.15) is 12.0 Å². The van der Waals surface area contributed by atoms with Gasteiger partial charge in [0.2, 0.25) is 4.60 Å². The maximum absolute atomic E-state index is 11.3. The predicted molar refractivity (Wildman–Crippen MR) is 68.3 cm³/mol. The van der Waals surface area contributed by atoms with Crippen molar-refractivity contribution in [2.45, 2.75) is 38.6 Å². The first kappa shape index (κ1) is 13.2. The van der Waals surface area contributed by atoms with E-state index in [2.05, 4.69) is 21.0 Å². The molecule has 1 saturated carbocycles. The highest BCUT2D eigenvalue weighted by atomic mass is 79.9. The molecule has 1 aliphatic rings. The monoisotopic (exact) mass is 315 g/mol. The van der Waals surface area contributed by atoms with Crippen molar-refractivity contribution in [2.75, 3.05) is 0 Å². The Kier molecular flexibility index (Phi) is 3.79. The second-order valence-corrected chi connectivity index (χ2v) is 5.41. The number of Topliss-reactive ketones (excluding diaryl/α,β-unsaturated/α-hetero) is 1. The summed E-state index contributed by atoms with van der Waals surface area (Å²) in [6.07, 6.45) is 4.82. The van der Waals surface area contributed by atoms with Crippen molar-refractivity contribution in [3.63, 3.8) is 0 Å². The molecule has 1 aliphatic carbocycles. The Morgan fingerprint density at radius 3 is 2.56 bits per heavy atom. The van der Waals surface area contributed by atoms with Crippen LogP contribution in [0.5, 0.6) is 0 Å². The zero-order chi connectivity index (χ0) is 13.3. The van der Waals surface area contributed by atoms with Crippen molar-refractivity contribution in [3.8, 4) is 0 Å². The third-order valence-electron chi connectivity index (χ3n) is 3.51. The molecule has 0 unspecified atom stereocenters. The molecule has 0 spiro atoms. The number of hydrogen-bond donors (Lipinski definition) is 0. The van der Waals surface area contributed by atoms with E-state index in [1.807, 2.05) is 0 Å². The Hall–Kier alpha value is -1.24. The van der Waals surface area contributed by atoms with Gasteiger partial charge in [-0.1, -0.05) is 0 Å². The van der Waals surface area contributed by atoms with Crippen molar-refractivity contribution in [1.82, 2.24) is 9.78 Å². The lowest BCUT2D eigenvalue weighted by Gasteiger charge is -2.26. The maximum atomic E-state index is 11.3. The predicted octanol–water partition coefficient (Wildman–Crippen LogP) is 2.87. The number of ketones is 1. The van der Waals surface area contributed by atoms with Crippen LogP contribution in [-0.2, 0) is 4.79 Å². The summed E-state index contributed by atoms with van der Waals surface area (Å²) in [5.41, 5.74) is -0.0105. The number of aromatic nitrogens is 2. The lowest BCUT2D eigenvalue weighted by Crippen LogP contribution is -2.22. The summed E-state index contributed by atoms with van der Waals surface area (Å²) >= 11 is 3.09. The number of nitro groups is 1. The summed E-state index contributed by atoms with van der Waals surface area (Å²) in [6, 6.07) is 0.158. The van der Waals surface area contributed by atoms with Crippen LogP contribution in [0.15, 0.2) is 10.8 Å². The molecule has 1 aromatic heterocycles. The molecule has 1 aromatic rings. The van der Waals surface area contributed by atoms with Crippen molar-refractivity contribution in [3.05, 3.63) is 20.9 Å². The lowest BCUT2D eigenvalue weighted by molar-refractivity contribution is -0.385. The quantitative estimate of drug-likeness (QED) is 0.634. The first-order valence-electron chi connectivity index (χ1n) is 5.88. The van der Waals surface area contributed by atoms with E-state index in [1.54, 1.807) is 11.6 Å². The Bertz CT molecular complexity index is 478. The molecule has 0 saturated heterocycles. The summed E-state index contributed by atoms with van der Waals surface area (Å²) in [6.45, 7) is 1.63. The van der Waals surface area contributed by atoms with Gasteiger partial charge in [0.05, 0.1) is 11.0 Å². The van der Waals surface area contributed by atoms with Gasteiger partial charge in [0.25, 0.3) is 0 Å².